The zero-order chi connectivity index (χ0) is 22.6. The molecule has 1 N–H and O–H groups in total. The number of rotatable bonds is 10. The lowest BCUT2D eigenvalue weighted by Crippen LogP contribution is -2.26. The number of carbonyl (C=O) groups excluding carboxylic acids is 1. The van der Waals surface area contributed by atoms with E-state index in [1.54, 1.807) is 18.5 Å². The lowest BCUT2D eigenvalue weighted by molar-refractivity contribution is 0.0498. The van der Waals surface area contributed by atoms with E-state index in [1.807, 2.05) is 6.07 Å². The van der Waals surface area contributed by atoms with Crippen LogP contribution in [0.15, 0.2) is 52.1 Å². The van der Waals surface area contributed by atoms with Gasteiger partial charge in [0.15, 0.2) is 0 Å². The van der Waals surface area contributed by atoms with Crippen molar-refractivity contribution < 1.29 is 27.2 Å². The van der Waals surface area contributed by atoms with E-state index in [1.165, 1.54) is 25.3 Å². The van der Waals surface area contributed by atoms with Crippen LogP contribution < -0.4 is 9.46 Å². The summed E-state index contributed by atoms with van der Waals surface area (Å²) in [6, 6.07) is 7.72. The maximum atomic E-state index is 12.6. The third-order valence-corrected chi connectivity index (χ3v) is 6.29. The maximum absolute atomic E-state index is 12.6. The summed E-state index contributed by atoms with van der Waals surface area (Å²) in [5.74, 6) is 0.397. The summed E-state index contributed by atoms with van der Waals surface area (Å²) < 4.78 is 43.4. The van der Waals surface area contributed by atoms with Crippen LogP contribution in [0.3, 0.4) is 0 Å². The Labute approximate surface area is 185 Å². The summed E-state index contributed by atoms with van der Waals surface area (Å²) in [5.41, 5.74) is 0.869. The molecule has 10 nitrogen and oxygen atoms in total. The third kappa shape index (κ3) is 5.29. The zero-order valence-corrected chi connectivity index (χ0v) is 18.2. The van der Waals surface area contributed by atoms with Crippen LogP contribution in [0.2, 0.25) is 0 Å². The predicted molar refractivity (Wildman–Crippen MR) is 112 cm³/mol. The number of hydrogen-bond donors (Lipinski definition) is 1. The van der Waals surface area contributed by atoms with E-state index < -0.39 is 16.0 Å². The molecule has 11 heteroatoms. The highest BCUT2D eigenvalue weighted by Gasteiger charge is 2.30. The molecule has 1 aromatic carbocycles. The number of nitrogens with one attached hydrogen (secondary N) is 1. The fraction of sp³-hybridized carbons (Fsp3) is 0.333. The monoisotopic (exact) mass is 458 g/mol. The Morgan fingerprint density at radius 2 is 2.12 bits per heavy atom. The molecule has 1 aliphatic rings. The Morgan fingerprint density at radius 3 is 2.84 bits per heavy atom. The van der Waals surface area contributed by atoms with Crippen molar-refractivity contribution in [1.82, 2.24) is 19.8 Å². The number of pyridine rings is 1. The topological polar surface area (TPSA) is 134 Å². The van der Waals surface area contributed by atoms with Gasteiger partial charge in [-0.25, -0.2) is 17.9 Å². The van der Waals surface area contributed by atoms with Crippen LogP contribution in [-0.4, -0.2) is 49.3 Å². The Hall–Kier alpha value is -3.31. The van der Waals surface area contributed by atoms with Crippen molar-refractivity contribution in [1.29, 1.82) is 0 Å². The van der Waals surface area contributed by atoms with Gasteiger partial charge in [0.1, 0.15) is 10.6 Å². The van der Waals surface area contributed by atoms with Crippen molar-refractivity contribution in [3.05, 3.63) is 54.2 Å². The molecule has 2 heterocycles. The molecule has 0 radical (unpaired) electrons. The van der Waals surface area contributed by atoms with Crippen molar-refractivity contribution >= 4 is 16.0 Å². The first kappa shape index (κ1) is 21.9. The molecule has 0 bridgehead atoms. The predicted octanol–water partition coefficient (Wildman–Crippen LogP) is 2.37. The molecule has 2 aromatic heterocycles. The number of benzene rings is 1. The largest absolute Gasteiger partial charge is 0.495 e. The van der Waals surface area contributed by atoms with Crippen molar-refractivity contribution in [2.24, 2.45) is 0 Å². The molecular formula is C21H22N4O6S. The van der Waals surface area contributed by atoms with Crippen LogP contribution in [0.25, 0.3) is 11.4 Å². The second-order valence-corrected chi connectivity index (χ2v) is 8.94. The minimum Gasteiger partial charge on any atom is -0.495 e. The van der Waals surface area contributed by atoms with Gasteiger partial charge in [0.05, 0.1) is 19.3 Å². The zero-order valence-electron chi connectivity index (χ0n) is 17.4. The lowest BCUT2D eigenvalue weighted by Gasteiger charge is -2.12. The van der Waals surface area contributed by atoms with Gasteiger partial charge < -0.3 is 14.0 Å². The summed E-state index contributed by atoms with van der Waals surface area (Å²) in [6.07, 6.45) is 5.78. The number of methoxy groups -OCH3 is 1. The van der Waals surface area contributed by atoms with Crippen LogP contribution >= 0.6 is 0 Å². The molecule has 168 valence electrons. The molecule has 0 aliphatic heterocycles. The summed E-state index contributed by atoms with van der Waals surface area (Å²) in [7, 11) is -2.42. The second kappa shape index (κ2) is 9.45. The standard InChI is InChI=1S/C21H22N4O6S/c1-29-17-9-6-14(12-18(17)32(27,28)25-16-7-8-16)21(26)30-11-3-5-19-23-20(24-31-19)15-4-2-10-22-13-15/h2,4,6,9-10,12-13,16,25H,3,5,7-8,11H2,1H3. The van der Waals surface area contributed by atoms with Crippen molar-refractivity contribution in [2.45, 2.75) is 36.6 Å². The molecule has 1 aliphatic carbocycles. The van der Waals surface area contributed by atoms with E-state index in [-0.39, 0.29) is 28.9 Å². The SMILES string of the molecule is COc1ccc(C(=O)OCCCc2nc(-c3cccnc3)no2)cc1S(=O)(=O)NC1CC1. The highest BCUT2D eigenvalue weighted by molar-refractivity contribution is 7.89. The Balaban J connectivity index is 1.33. The molecular weight excluding hydrogens is 436 g/mol. The normalized spacial score (nSPS) is 13.7. The highest BCUT2D eigenvalue weighted by Crippen LogP contribution is 2.28. The van der Waals surface area contributed by atoms with E-state index in [0.717, 1.165) is 18.4 Å². The molecule has 0 spiro atoms. The van der Waals surface area contributed by atoms with Crippen molar-refractivity contribution in [3.63, 3.8) is 0 Å². The van der Waals surface area contributed by atoms with Gasteiger partial charge in [0.25, 0.3) is 0 Å². The number of sulfonamides is 1. The Kier molecular flexibility index (Phi) is 6.47. The van der Waals surface area contributed by atoms with Crippen LogP contribution in [0, 0.1) is 0 Å². The van der Waals surface area contributed by atoms with Gasteiger partial charge in [-0.1, -0.05) is 5.16 Å². The van der Waals surface area contributed by atoms with E-state index in [4.69, 9.17) is 14.0 Å². The van der Waals surface area contributed by atoms with Crippen LogP contribution in [-0.2, 0) is 21.2 Å². The first-order chi connectivity index (χ1) is 15.5. The molecule has 1 saturated carbocycles. The fourth-order valence-electron chi connectivity index (χ4n) is 2.94. The quantitative estimate of drug-likeness (QED) is 0.359. The molecule has 0 unspecified atom stereocenters. The minimum absolute atomic E-state index is 0.0660. The van der Waals surface area contributed by atoms with Crippen LogP contribution in [0.1, 0.15) is 35.5 Å². The lowest BCUT2D eigenvalue weighted by atomic mass is 10.2. The van der Waals surface area contributed by atoms with E-state index in [9.17, 15) is 13.2 Å². The first-order valence-corrected chi connectivity index (χ1v) is 11.5. The average Bonchev–Trinajstić information content (AvgIpc) is 3.48. The van der Waals surface area contributed by atoms with E-state index >= 15 is 0 Å². The van der Waals surface area contributed by atoms with Gasteiger partial charge in [0, 0.05) is 30.4 Å². The molecule has 3 aromatic rings. The second-order valence-electron chi connectivity index (χ2n) is 7.25. The number of nitrogens with zero attached hydrogens (tertiary/aromatic N) is 3. The summed E-state index contributed by atoms with van der Waals surface area (Å²) in [6.45, 7) is 0.109. The van der Waals surface area contributed by atoms with Gasteiger partial charge in [-0.05, 0) is 49.6 Å². The number of aryl methyl sites for hydroxylation is 1. The number of carbonyl (C=O) groups is 1. The molecule has 1 fully saturated rings. The smallest absolute Gasteiger partial charge is 0.338 e. The van der Waals surface area contributed by atoms with Gasteiger partial charge in [-0.2, -0.15) is 4.98 Å². The Bertz CT molecular complexity index is 1190. The van der Waals surface area contributed by atoms with Crippen LogP contribution in [0.5, 0.6) is 5.75 Å². The van der Waals surface area contributed by atoms with E-state index in [0.29, 0.717) is 24.6 Å². The summed E-state index contributed by atoms with van der Waals surface area (Å²) in [5, 5.41) is 3.91. The number of hydrogen-bond acceptors (Lipinski definition) is 9. The number of aromatic nitrogens is 3. The molecule has 0 saturated heterocycles. The fourth-order valence-corrected chi connectivity index (χ4v) is 4.44. The number of esters is 1. The minimum atomic E-state index is -3.79. The maximum Gasteiger partial charge on any atom is 0.338 e. The summed E-state index contributed by atoms with van der Waals surface area (Å²) in [4.78, 5) is 20.6. The highest BCUT2D eigenvalue weighted by atomic mass is 32.2. The molecule has 4 rings (SSSR count). The van der Waals surface area contributed by atoms with Gasteiger partial charge in [-0.3, -0.25) is 4.98 Å². The molecule has 0 atom stereocenters. The number of ether oxygens (including phenoxy) is 2. The Morgan fingerprint density at radius 1 is 1.28 bits per heavy atom. The van der Waals surface area contributed by atoms with Gasteiger partial charge in [0.2, 0.25) is 21.7 Å². The molecule has 32 heavy (non-hydrogen) atoms. The van der Waals surface area contributed by atoms with Crippen molar-refractivity contribution in [2.75, 3.05) is 13.7 Å². The van der Waals surface area contributed by atoms with Gasteiger partial charge in [-0.15, -0.1) is 0 Å². The summed E-state index contributed by atoms with van der Waals surface area (Å²) >= 11 is 0. The van der Waals surface area contributed by atoms with Crippen molar-refractivity contribution in [3.8, 4) is 17.1 Å². The van der Waals surface area contributed by atoms with Gasteiger partial charge >= 0.3 is 5.97 Å². The molecule has 0 amide bonds. The van der Waals surface area contributed by atoms with Crippen LogP contribution in [0.4, 0.5) is 0 Å². The van der Waals surface area contributed by atoms with E-state index in [2.05, 4.69) is 19.8 Å². The average molecular weight is 458 g/mol. The first-order valence-electron chi connectivity index (χ1n) is 10.1. The third-order valence-electron chi connectivity index (χ3n) is 4.74.